The van der Waals surface area contributed by atoms with E-state index in [1.807, 2.05) is 6.92 Å². The van der Waals surface area contributed by atoms with Crippen molar-refractivity contribution >= 4 is 5.97 Å². The van der Waals surface area contributed by atoms with Crippen LogP contribution in [0.2, 0.25) is 0 Å². The number of aryl methyl sites for hydroxylation is 1. The van der Waals surface area contributed by atoms with Gasteiger partial charge in [-0.1, -0.05) is 13.0 Å². The first-order chi connectivity index (χ1) is 6.61. The zero-order valence-corrected chi connectivity index (χ0v) is 8.07. The molecule has 0 fully saturated rings. The molecule has 1 rings (SSSR count). The third-order valence-corrected chi connectivity index (χ3v) is 2.02. The monoisotopic (exact) mass is 196 g/mol. The summed E-state index contributed by atoms with van der Waals surface area (Å²) in [7, 11) is 1.33. The van der Waals surface area contributed by atoms with Crippen LogP contribution in [0.3, 0.4) is 0 Å². The van der Waals surface area contributed by atoms with Gasteiger partial charge in [0.25, 0.3) is 0 Å². The molecule has 0 saturated carbocycles. The molecule has 4 nitrogen and oxygen atoms in total. The Morgan fingerprint density at radius 1 is 1.50 bits per heavy atom. The van der Waals surface area contributed by atoms with Crippen molar-refractivity contribution in [3.8, 4) is 11.5 Å². The lowest BCUT2D eigenvalue weighted by Crippen LogP contribution is -2.05. The van der Waals surface area contributed by atoms with Gasteiger partial charge in [0.2, 0.25) is 0 Å². The average Bonchev–Trinajstić information content (AvgIpc) is 2.17. The molecule has 4 heteroatoms. The number of phenols is 1. The number of aromatic hydroxyl groups is 1. The third-order valence-electron chi connectivity index (χ3n) is 2.02. The van der Waals surface area contributed by atoms with Crippen LogP contribution in [0, 0.1) is 0 Å². The van der Waals surface area contributed by atoms with Gasteiger partial charge >= 0.3 is 5.97 Å². The lowest BCUT2D eigenvalue weighted by Gasteiger charge is -2.10. The highest BCUT2D eigenvalue weighted by Gasteiger charge is 2.18. The summed E-state index contributed by atoms with van der Waals surface area (Å²) in [6.07, 6.45) is 0.582. The topological polar surface area (TPSA) is 66.8 Å². The summed E-state index contributed by atoms with van der Waals surface area (Å²) in [6.45, 7) is 1.85. The molecule has 76 valence electrons. The molecule has 0 bridgehead atoms. The van der Waals surface area contributed by atoms with Crippen molar-refractivity contribution in [3.05, 3.63) is 23.3 Å². The van der Waals surface area contributed by atoms with Crippen LogP contribution in [-0.2, 0) is 6.42 Å². The third kappa shape index (κ3) is 1.64. The molecular formula is C10H12O4. The molecule has 2 N–H and O–H groups in total. The minimum absolute atomic E-state index is 0.0249. The number of benzene rings is 1. The van der Waals surface area contributed by atoms with E-state index in [0.717, 1.165) is 0 Å². The first-order valence-corrected chi connectivity index (χ1v) is 4.24. The van der Waals surface area contributed by atoms with Gasteiger partial charge in [0.1, 0.15) is 5.56 Å². The molecule has 0 atom stereocenters. The summed E-state index contributed by atoms with van der Waals surface area (Å²) >= 11 is 0. The predicted octanol–water partition coefficient (Wildman–Crippen LogP) is 1.66. The molecule has 0 radical (unpaired) electrons. The highest BCUT2D eigenvalue weighted by Crippen LogP contribution is 2.32. The smallest absolute Gasteiger partial charge is 0.339 e. The maximum atomic E-state index is 10.9. The molecule has 1 aromatic carbocycles. The second kappa shape index (κ2) is 4.00. The van der Waals surface area contributed by atoms with E-state index in [-0.39, 0.29) is 17.1 Å². The van der Waals surface area contributed by atoms with E-state index in [1.54, 1.807) is 6.07 Å². The van der Waals surface area contributed by atoms with Gasteiger partial charge in [-0.2, -0.15) is 0 Å². The van der Waals surface area contributed by atoms with Crippen LogP contribution in [-0.4, -0.2) is 23.3 Å². The number of rotatable bonds is 3. The van der Waals surface area contributed by atoms with E-state index >= 15 is 0 Å². The lowest BCUT2D eigenvalue weighted by atomic mass is 10.0. The first kappa shape index (κ1) is 10.4. The highest BCUT2D eigenvalue weighted by molar-refractivity contribution is 5.93. The van der Waals surface area contributed by atoms with Crippen LogP contribution in [0.4, 0.5) is 0 Å². The van der Waals surface area contributed by atoms with Crippen LogP contribution in [0.15, 0.2) is 12.1 Å². The Labute approximate surface area is 81.8 Å². The van der Waals surface area contributed by atoms with Crippen molar-refractivity contribution in [1.29, 1.82) is 0 Å². The maximum Gasteiger partial charge on any atom is 0.339 e. The summed E-state index contributed by atoms with van der Waals surface area (Å²) in [4.78, 5) is 10.9. The lowest BCUT2D eigenvalue weighted by molar-refractivity contribution is 0.0691. The van der Waals surface area contributed by atoms with E-state index in [0.29, 0.717) is 12.0 Å². The summed E-state index contributed by atoms with van der Waals surface area (Å²) in [5, 5.41) is 18.3. The second-order valence-electron chi connectivity index (χ2n) is 2.81. The van der Waals surface area contributed by atoms with Gasteiger partial charge in [-0.25, -0.2) is 4.79 Å². The largest absolute Gasteiger partial charge is 0.504 e. The predicted molar refractivity (Wildman–Crippen MR) is 51.0 cm³/mol. The van der Waals surface area contributed by atoms with E-state index < -0.39 is 5.97 Å². The molecule has 0 amide bonds. The molecule has 0 aliphatic heterocycles. The molecule has 0 unspecified atom stereocenters. The number of methoxy groups -OCH3 is 1. The Bertz CT molecular complexity index is 357. The molecule has 0 aliphatic carbocycles. The maximum absolute atomic E-state index is 10.9. The Kier molecular flexibility index (Phi) is 2.96. The van der Waals surface area contributed by atoms with Gasteiger partial charge in [-0.3, -0.25) is 0 Å². The SMILES string of the molecule is CCc1ccc(O)c(OC)c1C(=O)O. The van der Waals surface area contributed by atoms with Crippen LogP contribution in [0.1, 0.15) is 22.8 Å². The van der Waals surface area contributed by atoms with Crippen molar-refractivity contribution in [2.24, 2.45) is 0 Å². The van der Waals surface area contributed by atoms with Gasteiger partial charge in [-0.05, 0) is 18.1 Å². The van der Waals surface area contributed by atoms with Crippen molar-refractivity contribution in [3.63, 3.8) is 0 Å². The van der Waals surface area contributed by atoms with Gasteiger partial charge in [0, 0.05) is 0 Å². The standard InChI is InChI=1S/C10H12O4/c1-3-6-4-5-7(11)9(14-2)8(6)10(12)13/h4-5,11H,3H2,1-2H3,(H,12,13). The fraction of sp³-hybridized carbons (Fsp3) is 0.300. The molecule has 14 heavy (non-hydrogen) atoms. The number of carboxylic acid groups (broad SMARTS) is 1. The van der Waals surface area contributed by atoms with Gasteiger partial charge in [-0.15, -0.1) is 0 Å². The number of aromatic carboxylic acids is 1. The molecular weight excluding hydrogens is 184 g/mol. The molecule has 0 spiro atoms. The van der Waals surface area contributed by atoms with Gasteiger partial charge in [0.05, 0.1) is 7.11 Å². The van der Waals surface area contributed by atoms with Crippen LogP contribution < -0.4 is 4.74 Å². The van der Waals surface area contributed by atoms with Crippen molar-refractivity contribution in [2.75, 3.05) is 7.11 Å². The van der Waals surface area contributed by atoms with E-state index in [2.05, 4.69) is 0 Å². The first-order valence-electron chi connectivity index (χ1n) is 4.24. The summed E-state index contributed by atoms with van der Waals surface area (Å²) in [5.74, 6) is -1.21. The quantitative estimate of drug-likeness (QED) is 0.771. The zero-order valence-electron chi connectivity index (χ0n) is 8.07. The van der Waals surface area contributed by atoms with Crippen molar-refractivity contribution in [1.82, 2.24) is 0 Å². The second-order valence-corrected chi connectivity index (χ2v) is 2.81. The number of hydrogen-bond donors (Lipinski definition) is 2. The normalized spacial score (nSPS) is 9.86. The number of carbonyl (C=O) groups is 1. The fourth-order valence-electron chi connectivity index (χ4n) is 1.35. The van der Waals surface area contributed by atoms with Gasteiger partial charge in [0.15, 0.2) is 11.5 Å². The van der Waals surface area contributed by atoms with E-state index in [9.17, 15) is 9.90 Å². The Morgan fingerprint density at radius 2 is 2.14 bits per heavy atom. The fourth-order valence-corrected chi connectivity index (χ4v) is 1.35. The minimum atomic E-state index is -1.09. The molecule has 0 aliphatic rings. The van der Waals surface area contributed by atoms with Crippen LogP contribution in [0.25, 0.3) is 0 Å². The number of ether oxygens (including phenoxy) is 1. The summed E-state index contributed by atoms with van der Waals surface area (Å²) in [6, 6.07) is 3.02. The summed E-state index contributed by atoms with van der Waals surface area (Å²) in [5.41, 5.74) is 0.683. The summed E-state index contributed by atoms with van der Waals surface area (Å²) < 4.78 is 4.85. The van der Waals surface area contributed by atoms with Crippen LogP contribution in [0.5, 0.6) is 11.5 Å². The molecule has 1 aromatic rings. The number of hydrogen-bond acceptors (Lipinski definition) is 3. The molecule has 0 aromatic heterocycles. The van der Waals surface area contributed by atoms with E-state index in [4.69, 9.17) is 9.84 Å². The Morgan fingerprint density at radius 3 is 2.57 bits per heavy atom. The molecule has 0 heterocycles. The van der Waals surface area contributed by atoms with Crippen molar-refractivity contribution < 1.29 is 19.7 Å². The minimum Gasteiger partial charge on any atom is -0.504 e. The Balaban J connectivity index is 3.43. The number of carboxylic acids is 1. The average molecular weight is 196 g/mol. The zero-order chi connectivity index (χ0) is 10.7. The van der Waals surface area contributed by atoms with E-state index in [1.165, 1.54) is 13.2 Å². The van der Waals surface area contributed by atoms with Gasteiger partial charge < -0.3 is 14.9 Å². The van der Waals surface area contributed by atoms with Crippen molar-refractivity contribution in [2.45, 2.75) is 13.3 Å². The van der Waals surface area contributed by atoms with Crippen LogP contribution >= 0.6 is 0 Å². The highest BCUT2D eigenvalue weighted by atomic mass is 16.5. The molecule has 0 saturated heterocycles. The Hall–Kier alpha value is -1.71. The number of phenolic OH excluding ortho intramolecular Hbond substituents is 1.